The standard InChI is InChI=1S/C31H39NO5/c1-3-29(33)36-22-16-12-10-8-6-4-5-7-9-11-15-21-35-28-20-19-25-23-27(31(34)37-30(25)32-28)26-18-14-13-17-24(26)2/h3,13-14,17-20,23H,1,4-12,15-16,21-22H2,2H3. The third kappa shape index (κ3) is 9.52. The van der Waals surface area contributed by atoms with Crippen LogP contribution < -0.4 is 10.4 Å². The van der Waals surface area contributed by atoms with Crippen LogP contribution in [0.15, 0.2) is 64.3 Å². The fourth-order valence-corrected chi connectivity index (χ4v) is 4.33. The Bertz CT molecular complexity index is 1200. The highest BCUT2D eigenvalue weighted by atomic mass is 16.5. The van der Waals surface area contributed by atoms with Gasteiger partial charge in [0.1, 0.15) is 0 Å². The smallest absolute Gasteiger partial charge is 0.345 e. The molecule has 0 amide bonds. The van der Waals surface area contributed by atoms with Crippen LogP contribution in [0.4, 0.5) is 0 Å². The number of aryl methyl sites for hydroxylation is 1. The number of hydrogen-bond acceptors (Lipinski definition) is 6. The van der Waals surface area contributed by atoms with Crippen LogP contribution in [0.25, 0.3) is 22.2 Å². The van der Waals surface area contributed by atoms with Crippen molar-refractivity contribution < 1.29 is 18.7 Å². The quantitative estimate of drug-likeness (QED) is 0.107. The maximum atomic E-state index is 12.6. The van der Waals surface area contributed by atoms with E-state index < -0.39 is 5.63 Å². The summed E-state index contributed by atoms with van der Waals surface area (Å²) >= 11 is 0. The largest absolute Gasteiger partial charge is 0.478 e. The van der Waals surface area contributed by atoms with Crippen molar-refractivity contribution in [3.05, 3.63) is 71.1 Å². The summed E-state index contributed by atoms with van der Waals surface area (Å²) in [7, 11) is 0. The lowest BCUT2D eigenvalue weighted by molar-refractivity contribution is -0.137. The van der Waals surface area contributed by atoms with Crippen molar-refractivity contribution in [2.75, 3.05) is 13.2 Å². The zero-order valence-electron chi connectivity index (χ0n) is 22.0. The number of fused-ring (bicyclic) bond motifs is 1. The highest BCUT2D eigenvalue weighted by molar-refractivity contribution is 5.81. The fourth-order valence-electron chi connectivity index (χ4n) is 4.33. The predicted molar refractivity (Wildman–Crippen MR) is 148 cm³/mol. The van der Waals surface area contributed by atoms with Crippen molar-refractivity contribution in [1.82, 2.24) is 4.98 Å². The molecule has 0 bridgehead atoms. The molecule has 0 radical (unpaired) electrons. The van der Waals surface area contributed by atoms with Gasteiger partial charge in [-0.15, -0.1) is 0 Å². The number of unbranched alkanes of at least 4 members (excludes halogenated alkanes) is 10. The molecule has 0 spiro atoms. The van der Waals surface area contributed by atoms with Gasteiger partial charge in [-0.1, -0.05) is 88.6 Å². The zero-order valence-corrected chi connectivity index (χ0v) is 22.0. The number of esters is 1. The van der Waals surface area contributed by atoms with E-state index in [1.165, 1.54) is 51.0 Å². The summed E-state index contributed by atoms with van der Waals surface area (Å²) in [5.74, 6) is 0.151. The van der Waals surface area contributed by atoms with Crippen LogP contribution in [0.3, 0.4) is 0 Å². The molecule has 2 heterocycles. The summed E-state index contributed by atoms with van der Waals surface area (Å²) in [6, 6.07) is 13.3. The summed E-state index contributed by atoms with van der Waals surface area (Å²) in [6.45, 7) is 6.47. The third-order valence-electron chi connectivity index (χ3n) is 6.46. The minimum Gasteiger partial charge on any atom is -0.478 e. The molecule has 0 unspecified atom stereocenters. The maximum Gasteiger partial charge on any atom is 0.345 e. The molecule has 0 fully saturated rings. The molecule has 3 rings (SSSR count). The molecular weight excluding hydrogens is 466 g/mol. The molecular formula is C31H39NO5. The van der Waals surface area contributed by atoms with Gasteiger partial charge in [-0.05, 0) is 43.0 Å². The van der Waals surface area contributed by atoms with Crippen LogP contribution in [0, 0.1) is 6.92 Å². The first-order valence-electron chi connectivity index (χ1n) is 13.5. The lowest BCUT2D eigenvalue weighted by Gasteiger charge is -2.08. The van der Waals surface area contributed by atoms with Gasteiger partial charge in [-0.2, -0.15) is 4.98 Å². The minimum absolute atomic E-state index is 0.302. The minimum atomic E-state index is -0.391. The number of carbonyl (C=O) groups is 1. The molecule has 6 heteroatoms. The first kappa shape index (κ1) is 28.2. The van der Waals surface area contributed by atoms with Crippen molar-refractivity contribution in [1.29, 1.82) is 0 Å². The first-order valence-corrected chi connectivity index (χ1v) is 13.5. The molecule has 0 atom stereocenters. The second-order valence-corrected chi connectivity index (χ2v) is 9.42. The normalized spacial score (nSPS) is 10.9. The van der Waals surface area contributed by atoms with E-state index in [1.807, 2.05) is 49.4 Å². The Morgan fingerprint density at radius 3 is 2.14 bits per heavy atom. The van der Waals surface area contributed by atoms with Crippen LogP contribution in [0.1, 0.15) is 76.2 Å². The number of aromatic nitrogens is 1. The number of pyridine rings is 1. The fraction of sp³-hybridized carbons (Fsp3) is 0.452. The molecule has 0 aliphatic carbocycles. The van der Waals surface area contributed by atoms with E-state index >= 15 is 0 Å². The van der Waals surface area contributed by atoms with E-state index in [1.54, 1.807) is 0 Å². The average molecular weight is 506 g/mol. The Hall–Kier alpha value is -3.41. The van der Waals surface area contributed by atoms with Gasteiger partial charge in [0, 0.05) is 17.5 Å². The summed E-state index contributed by atoms with van der Waals surface area (Å²) in [6.07, 6.45) is 14.1. The van der Waals surface area contributed by atoms with Crippen LogP contribution in [0.2, 0.25) is 0 Å². The predicted octanol–water partition coefficient (Wildman–Crippen LogP) is 7.56. The Morgan fingerprint density at radius 1 is 0.865 bits per heavy atom. The molecule has 0 saturated heterocycles. The zero-order chi connectivity index (χ0) is 26.3. The van der Waals surface area contributed by atoms with Crippen molar-refractivity contribution in [2.24, 2.45) is 0 Å². The number of ether oxygens (including phenoxy) is 2. The summed E-state index contributed by atoms with van der Waals surface area (Å²) in [4.78, 5) is 27.9. The SMILES string of the molecule is C=CC(=O)OCCCCCCCCCCCCCOc1ccc2cc(-c3ccccc3C)c(=O)oc2n1. The van der Waals surface area contributed by atoms with Gasteiger partial charge in [0.2, 0.25) is 11.6 Å². The first-order chi connectivity index (χ1) is 18.1. The summed E-state index contributed by atoms with van der Waals surface area (Å²) < 4.78 is 16.3. The Balaban J connectivity index is 1.26. The van der Waals surface area contributed by atoms with Crippen molar-refractivity contribution in [3.8, 4) is 17.0 Å². The van der Waals surface area contributed by atoms with Gasteiger partial charge in [0.25, 0.3) is 0 Å². The molecule has 0 saturated carbocycles. The van der Waals surface area contributed by atoms with E-state index in [9.17, 15) is 9.59 Å². The Labute approximate surface area is 219 Å². The molecule has 6 nitrogen and oxygen atoms in total. The van der Waals surface area contributed by atoms with Crippen LogP contribution in [-0.2, 0) is 9.53 Å². The molecule has 198 valence electrons. The Morgan fingerprint density at radius 2 is 1.49 bits per heavy atom. The number of benzene rings is 1. The van der Waals surface area contributed by atoms with E-state index in [0.717, 1.165) is 42.2 Å². The Kier molecular flexibility index (Phi) is 11.9. The monoisotopic (exact) mass is 505 g/mol. The number of carbonyl (C=O) groups excluding carboxylic acids is 1. The number of nitrogens with zero attached hydrogens (tertiary/aromatic N) is 1. The second-order valence-electron chi connectivity index (χ2n) is 9.42. The van der Waals surface area contributed by atoms with Gasteiger partial charge in [-0.25, -0.2) is 9.59 Å². The molecule has 1 aromatic carbocycles. The molecule has 3 aromatic rings. The number of hydrogen-bond donors (Lipinski definition) is 0. The molecule has 0 aliphatic rings. The van der Waals surface area contributed by atoms with E-state index in [-0.39, 0.29) is 5.97 Å². The molecule has 0 aliphatic heterocycles. The van der Waals surface area contributed by atoms with Crippen molar-refractivity contribution in [2.45, 2.75) is 77.6 Å². The van der Waals surface area contributed by atoms with Gasteiger partial charge in [0.05, 0.1) is 18.8 Å². The van der Waals surface area contributed by atoms with Gasteiger partial charge in [0.15, 0.2) is 0 Å². The van der Waals surface area contributed by atoms with Gasteiger partial charge < -0.3 is 13.9 Å². The molecule has 2 aromatic heterocycles. The maximum absolute atomic E-state index is 12.6. The van der Waals surface area contributed by atoms with E-state index in [0.29, 0.717) is 30.4 Å². The van der Waals surface area contributed by atoms with E-state index in [2.05, 4.69) is 11.6 Å². The van der Waals surface area contributed by atoms with E-state index in [4.69, 9.17) is 13.9 Å². The van der Waals surface area contributed by atoms with Crippen LogP contribution in [-0.4, -0.2) is 24.2 Å². The van der Waals surface area contributed by atoms with Crippen LogP contribution in [0.5, 0.6) is 5.88 Å². The van der Waals surface area contributed by atoms with Crippen LogP contribution >= 0.6 is 0 Å². The highest BCUT2D eigenvalue weighted by Gasteiger charge is 2.11. The summed E-state index contributed by atoms with van der Waals surface area (Å²) in [5.41, 5.74) is 2.36. The van der Waals surface area contributed by atoms with Crippen molar-refractivity contribution >= 4 is 17.1 Å². The lowest BCUT2D eigenvalue weighted by atomic mass is 10.0. The number of rotatable bonds is 17. The topological polar surface area (TPSA) is 78.6 Å². The molecule has 37 heavy (non-hydrogen) atoms. The van der Waals surface area contributed by atoms with Gasteiger partial charge >= 0.3 is 11.6 Å². The highest BCUT2D eigenvalue weighted by Crippen LogP contribution is 2.24. The van der Waals surface area contributed by atoms with Crippen molar-refractivity contribution in [3.63, 3.8) is 0 Å². The molecule has 0 N–H and O–H groups in total. The second kappa shape index (κ2) is 15.6. The summed E-state index contributed by atoms with van der Waals surface area (Å²) in [5, 5.41) is 0.777. The average Bonchev–Trinajstić information content (AvgIpc) is 2.90. The lowest BCUT2D eigenvalue weighted by Crippen LogP contribution is -2.05. The third-order valence-corrected chi connectivity index (χ3v) is 6.46. The van der Waals surface area contributed by atoms with Gasteiger partial charge in [-0.3, -0.25) is 0 Å².